The van der Waals surface area contributed by atoms with E-state index in [1.807, 2.05) is 13.8 Å². The number of rotatable bonds is 6. The van der Waals surface area contributed by atoms with Crippen LogP contribution in [0.15, 0.2) is 0 Å². The van der Waals surface area contributed by atoms with Crippen molar-refractivity contribution in [2.45, 2.75) is 19.8 Å². The number of ether oxygens (including phenoxy) is 1. The van der Waals surface area contributed by atoms with Crippen molar-refractivity contribution in [1.29, 1.82) is 0 Å². The number of nitrogens with zero attached hydrogens (tertiary/aromatic N) is 2. The van der Waals surface area contributed by atoms with Gasteiger partial charge in [-0.1, -0.05) is 18.3 Å². The van der Waals surface area contributed by atoms with Gasteiger partial charge in [-0.15, -0.1) is 5.10 Å². The summed E-state index contributed by atoms with van der Waals surface area (Å²) in [6.45, 7) is 4.66. The van der Waals surface area contributed by atoms with E-state index in [2.05, 4.69) is 15.1 Å². The van der Waals surface area contributed by atoms with Crippen molar-refractivity contribution in [3.8, 4) is 0 Å². The van der Waals surface area contributed by atoms with Crippen LogP contribution in [0.5, 0.6) is 0 Å². The van der Waals surface area contributed by atoms with Gasteiger partial charge in [0.05, 0.1) is 18.9 Å². The summed E-state index contributed by atoms with van der Waals surface area (Å²) in [7, 11) is 1.56. The van der Waals surface area contributed by atoms with E-state index in [9.17, 15) is 4.79 Å². The third kappa shape index (κ3) is 3.51. The lowest BCUT2D eigenvalue weighted by atomic mass is 10.1. The molecular formula is C9H15N3O3S. The molecule has 0 aliphatic heterocycles. The first kappa shape index (κ1) is 13.0. The monoisotopic (exact) mass is 245 g/mol. The molecule has 0 atom stereocenters. The molecule has 90 valence electrons. The Balaban J connectivity index is 2.49. The van der Waals surface area contributed by atoms with Crippen LogP contribution >= 0.6 is 11.5 Å². The summed E-state index contributed by atoms with van der Waals surface area (Å²) in [6.07, 6.45) is 0. The first-order valence-corrected chi connectivity index (χ1v) is 5.67. The Morgan fingerprint density at radius 1 is 1.50 bits per heavy atom. The van der Waals surface area contributed by atoms with Gasteiger partial charge in [0.15, 0.2) is 0 Å². The fraction of sp³-hybridized carbons (Fsp3) is 0.667. The van der Waals surface area contributed by atoms with Crippen molar-refractivity contribution < 1.29 is 14.4 Å². The molecule has 0 saturated carbocycles. The van der Waals surface area contributed by atoms with E-state index >= 15 is 0 Å². The minimum absolute atomic E-state index is 0.165. The number of methoxy groups -OCH3 is 1. The van der Waals surface area contributed by atoms with Gasteiger partial charge in [-0.25, -0.2) is 5.48 Å². The predicted molar refractivity (Wildman–Crippen MR) is 59.3 cm³/mol. The van der Waals surface area contributed by atoms with Crippen LogP contribution < -0.4 is 5.48 Å². The maximum atomic E-state index is 11.6. The van der Waals surface area contributed by atoms with Crippen molar-refractivity contribution in [2.75, 3.05) is 20.3 Å². The van der Waals surface area contributed by atoms with Crippen molar-refractivity contribution >= 4 is 17.4 Å². The van der Waals surface area contributed by atoms with Gasteiger partial charge in [-0.05, 0) is 17.5 Å². The molecular weight excluding hydrogens is 230 g/mol. The normalized spacial score (nSPS) is 10.8. The highest BCUT2D eigenvalue weighted by Crippen LogP contribution is 2.19. The van der Waals surface area contributed by atoms with Crippen LogP contribution in [0.25, 0.3) is 0 Å². The van der Waals surface area contributed by atoms with E-state index in [4.69, 9.17) is 9.57 Å². The first-order chi connectivity index (χ1) is 7.66. The van der Waals surface area contributed by atoms with Crippen LogP contribution in [0.3, 0.4) is 0 Å². The summed E-state index contributed by atoms with van der Waals surface area (Å²) in [4.78, 5) is 17.1. The highest BCUT2D eigenvalue weighted by atomic mass is 32.1. The average molecular weight is 245 g/mol. The van der Waals surface area contributed by atoms with E-state index in [1.165, 1.54) is 0 Å². The van der Waals surface area contributed by atoms with Gasteiger partial charge in [-0.3, -0.25) is 9.63 Å². The van der Waals surface area contributed by atoms with Crippen molar-refractivity contribution in [3.05, 3.63) is 10.6 Å². The molecule has 1 amide bonds. The lowest BCUT2D eigenvalue weighted by molar-refractivity contribution is 0.00906. The summed E-state index contributed by atoms with van der Waals surface area (Å²) in [6, 6.07) is 0. The van der Waals surface area contributed by atoms with Crippen molar-refractivity contribution in [1.82, 2.24) is 15.1 Å². The van der Waals surface area contributed by atoms with Crippen LogP contribution in [0, 0.1) is 0 Å². The Hall–Kier alpha value is -1.05. The molecule has 1 aromatic rings. The Bertz CT molecular complexity index is 340. The first-order valence-electron chi connectivity index (χ1n) is 4.90. The molecule has 0 unspecified atom stereocenters. The summed E-state index contributed by atoms with van der Waals surface area (Å²) in [5.74, 6) is -0.145. The van der Waals surface area contributed by atoms with Gasteiger partial charge >= 0.3 is 0 Å². The Labute approximate surface area is 98.1 Å². The van der Waals surface area contributed by atoms with Gasteiger partial charge in [0, 0.05) is 7.11 Å². The van der Waals surface area contributed by atoms with Crippen LogP contribution in [-0.4, -0.2) is 35.8 Å². The molecule has 0 radical (unpaired) electrons. The van der Waals surface area contributed by atoms with Crippen LogP contribution in [0.2, 0.25) is 0 Å². The zero-order valence-corrected chi connectivity index (χ0v) is 10.3. The van der Waals surface area contributed by atoms with E-state index in [0.717, 1.165) is 11.5 Å². The third-order valence-corrected chi connectivity index (χ3v) is 2.56. The minimum Gasteiger partial charge on any atom is -0.382 e. The maximum Gasteiger partial charge on any atom is 0.288 e. The highest BCUT2D eigenvalue weighted by Gasteiger charge is 2.18. The van der Waals surface area contributed by atoms with E-state index in [1.54, 1.807) is 7.11 Å². The summed E-state index contributed by atoms with van der Waals surface area (Å²) in [5, 5.41) is 3.91. The molecule has 0 saturated heterocycles. The van der Waals surface area contributed by atoms with Gasteiger partial charge in [0.1, 0.15) is 4.88 Å². The van der Waals surface area contributed by atoms with Gasteiger partial charge in [0.2, 0.25) is 0 Å². The van der Waals surface area contributed by atoms with Gasteiger partial charge in [-0.2, -0.15) is 0 Å². The number of hydrogen-bond donors (Lipinski definition) is 1. The molecule has 1 rings (SSSR count). The van der Waals surface area contributed by atoms with E-state index in [-0.39, 0.29) is 11.8 Å². The fourth-order valence-electron chi connectivity index (χ4n) is 1.02. The predicted octanol–water partition coefficient (Wildman–Crippen LogP) is 0.969. The molecule has 7 heteroatoms. The lowest BCUT2D eigenvalue weighted by Gasteiger charge is -2.05. The SMILES string of the molecule is COCCONC(=O)c1snnc1C(C)C. The number of carbonyl (C=O) groups is 1. The molecule has 16 heavy (non-hydrogen) atoms. The molecule has 0 fully saturated rings. The Kier molecular flexibility index (Phi) is 5.30. The molecule has 1 heterocycles. The number of aromatic nitrogens is 2. The minimum atomic E-state index is -0.310. The second-order valence-electron chi connectivity index (χ2n) is 3.41. The second-order valence-corrected chi connectivity index (χ2v) is 4.17. The standard InChI is InChI=1S/C9H15N3O3S/c1-6(2)7-8(16-12-10-7)9(13)11-15-5-4-14-3/h6H,4-5H2,1-3H3,(H,11,13). The third-order valence-electron chi connectivity index (χ3n) is 1.82. The average Bonchev–Trinajstić information content (AvgIpc) is 2.73. The summed E-state index contributed by atoms with van der Waals surface area (Å²) >= 11 is 1.07. The lowest BCUT2D eigenvalue weighted by Crippen LogP contribution is -2.25. The molecule has 1 N–H and O–H groups in total. The highest BCUT2D eigenvalue weighted by molar-refractivity contribution is 7.08. The number of hydroxylamine groups is 1. The smallest absolute Gasteiger partial charge is 0.288 e. The molecule has 0 aromatic carbocycles. The number of hydrogen-bond acceptors (Lipinski definition) is 6. The molecule has 1 aromatic heterocycles. The van der Waals surface area contributed by atoms with Crippen LogP contribution in [0.4, 0.5) is 0 Å². The van der Waals surface area contributed by atoms with E-state index in [0.29, 0.717) is 23.8 Å². The Morgan fingerprint density at radius 2 is 2.25 bits per heavy atom. The summed E-state index contributed by atoms with van der Waals surface area (Å²) in [5.41, 5.74) is 3.02. The molecule has 0 spiro atoms. The second kappa shape index (κ2) is 6.51. The fourth-order valence-corrected chi connectivity index (χ4v) is 1.73. The van der Waals surface area contributed by atoms with Crippen LogP contribution in [0.1, 0.15) is 35.1 Å². The quantitative estimate of drug-likeness (QED) is 0.597. The molecule has 0 aliphatic rings. The zero-order valence-electron chi connectivity index (χ0n) is 9.52. The van der Waals surface area contributed by atoms with Crippen molar-refractivity contribution in [3.63, 3.8) is 0 Å². The van der Waals surface area contributed by atoms with E-state index < -0.39 is 0 Å². The zero-order chi connectivity index (χ0) is 12.0. The van der Waals surface area contributed by atoms with Gasteiger partial charge in [0.25, 0.3) is 5.91 Å². The molecule has 0 bridgehead atoms. The molecule has 0 aliphatic carbocycles. The Morgan fingerprint density at radius 3 is 2.88 bits per heavy atom. The number of carbonyl (C=O) groups excluding carboxylic acids is 1. The van der Waals surface area contributed by atoms with Crippen LogP contribution in [-0.2, 0) is 9.57 Å². The van der Waals surface area contributed by atoms with Gasteiger partial charge < -0.3 is 4.74 Å². The largest absolute Gasteiger partial charge is 0.382 e. The number of nitrogens with one attached hydrogen (secondary N) is 1. The topological polar surface area (TPSA) is 73.3 Å². The summed E-state index contributed by atoms with van der Waals surface area (Å²) < 4.78 is 8.54. The number of amides is 1. The van der Waals surface area contributed by atoms with Crippen molar-refractivity contribution in [2.24, 2.45) is 0 Å². The maximum absolute atomic E-state index is 11.6. The molecule has 6 nitrogen and oxygen atoms in total.